The summed E-state index contributed by atoms with van der Waals surface area (Å²) in [6.07, 6.45) is 2.94. The van der Waals surface area contributed by atoms with Gasteiger partial charge in [-0.25, -0.2) is 0 Å². The van der Waals surface area contributed by atoms with Gasteiger partial charge < -0.3 is 10.8 Å². The number of hydrogen-bond acceptors (Lipinski definition) is 2. The number of fused-ring (bicyclic) bond motifs is 2. The first-order valence-corrected chi connectivity index (χ1v) is 5.08. The average molecular weight is 183 g/mol. The van der Waals surface area contributed by atoms with Crippen LogP contribution in [-0.2, 0) is 4.79 Å². The lowest BCUT2D eigenvalue weighted by molar-refractivity contribution is -0.149. The number of carboxylic acid groups (broad SMARTS) is 1. The van der Waals surface area contributed by atoms with Gasteiger partial charge in [0.05, 0.1) is 5.92 Å². The van der Waals surface area contributed by atoms with E-state index in [9.17, 15) is 4.79 Å². The summed E-state index contributed by atoms with van der Waals surface area (Å²) in [4.78, 5) is 10.8. The predicted molar refractivity (Wildman–Crippen MR) is 49.1 cm³/mol. The Bertz CT molecular complexity index is 215. The van der Waals surface area contributed by atoms with Crippen molar-refractivity contribution in [1.82, 2.24) is 0 Å². The van der Waals surface area contributed by atoms with E-state index in [0.717, 1.165) is 12.8 Å². The number of carbonyl (C=O) groups is 1. The zero-order valence-electron chi connectivity index (χ0n) is 7.94. The summed E-state index contributed by atoms with van der Waals surface area (Å²) in [5.41, 5.74) is 5.86. The molecule has 3 unspecified atom stereocenters. The third-order valence-corrected chi connectivity index (χ3v) is 3.83. The highest BCUT2D eigenvalue weighted by Gasteiger charge is 2.49. The highest BCUT2D eigenvalue weighted by atomic mass is 16.4. The molecule has 3 fully saturated rings. The average Bonchev–Trinajstić information content (AvgIpc) is 2.03. The summed E-state index contributed by atoms with van der Waals surface area (Å²) in [6.45, 7) is 2.05. The summed E-state index contributed by atoms with van der Waals surface area (Å²) in [6, 6.07) is 0.249. The van der Waals surface area contributed by atoms with E-state index >= 15 is 0 Å². The molecule has 0 aromatic heterocycles. The Kier molecular flexibility index (Phi) is 2.06. The fourth-order valence-corrected chi connectivity index (χ4v) is 3.29. The molecule has 0 amide bonds. The summed E-state index contributed by atoms with van der Waals surface area (Å²) in [5.74, 6) is 1.10. The number of carboxylic acids is 1. The Morgan fingerprint density at radius 3 is 2.31 bits per heavy atom. The molecule has 0 aromatic rings. The fraction of sp³-hybridized carbons (Fsp3) is 0.900. The Morgan fingerprint density at radius 1 is 1.38 bits per heavy atom. The molecule has 3 heteroatoms. The molecule has 3 atom stereocenters. The van der Waals surface area contributed by atoms with Crippen molar-refractivity contribution in [2.24, 2.45) is 29.4 Å². The van der Waals surface area contributed by atoms with Crippen LogP contribution in [-0.4, -0.2) is 17.1 Å². The Labute approximate surface area is 78.3 Å². The molecule has 74 valence electrons. The van der Waals surface area contributed by atoms with Crippen molar-refractivity contribution < 1.29 is 9.90 Å². The van der Waals surface area contributed by atoms with Gasteiger partial charge in [-0.15, -0.1) is 0 Å². The standard InChI is InChI=1S/C10H17NO2/c1-5(11)9-6-2-7(9)4-8(3-6)10(12)13/h5-9H,2-4,11H2,1H3,(H,12,13). The van der Waals surface area contributed by atoms with Crippen molar-refractivity contribution in [1.29, 1.82) is 0 Å². The van der Waals surface area contributed by atoms with Crippen LogP contribution in [0.4, 0.5) is 0 Å². The number of rotatable bonds is 2. The summed E-state index contributed by atoms with van der Waals surface area (Å²) in [7, 11) is 0. The molecule has 3 rings (SSSR count). The maximum absolute atomic E-state index is 10.8. The van der Waals surface area contributed by atoms with Gasteiger partial charge in [-0.3, -0.25) is 4.79 Å². The third-order valence-electron chi connectivity index (χ3n) is 3.83. The Balaban J connectivity index is 1.98. The zero-order chi connectivity index (χ0) is 9.59. The first kappa shape index (κ1) is 9.00. The third kappa shape index (κ3) is 1.35. The predicted octanol–water partition coefficient (Wildman–Crippen LogP) is 1.08. The highest BCUT2D eigenvalue weighted by Crippen LogP contribution is 2.53. The molecule has 0 spiro atoms. The van der Waals surface area contributed by atoms with Crippen LogP contribution in [0.3, 0.4) is 0 Å². The summed E-state index contributed by atoms with van der Waals surface area (Å²) < 4.78 is 0. The Morgan fingerprint density at radius 2 is 1.92 bits per heavy atom. The smallest absolute Gasteiger partial charge is 0.306 e. The Hall–Kier alpha value is -0.570. The van der Waals surface area contributed by atoms with Gasteiger partial charge in [-0.2, -0.15) is 0 Å². The lowest BCUT2D eigenvalue weighted by Gasteiger charge is -2.53. The van der Waals surface area contributed by atoms with Gasteiger partial charge in [-0.1, -0.05) is 0 Å². The molecular formula is C10H17NO2. The van der Waals surface area contributed by atoms with Crippen LogP contribution >= 0.6 is 0 Å². The second kappa shape index (κ2) is 2.98. The number of hydrogen-bond donors (Lipinski definition) is 2. The molecule has 2 bridgehead atoms. The molecule has 0 aliphatic heterocycles. The van der Waals surface area contributed by atoms with Crippen molar-refractivity contribution in [3.05, 3.63) is 0 Å². The summed E-state index contributed by atoms with van der Waals surface area (Å²) in [5, 5.41) is 8.87. The SMILES string of the molecule is CC(N)C1C2CC(C(=O)O)CC1C2. The van der Waals surface area contributed by atoms with Gasteiger partial charge in [0.1, 0.15) is 0 Å². The van der Waals surface area contributed by atoms with Gasteiger partial charge in [0.25, 0.3) is 0 Å². The van der Waals surface area contributed by atoms with Gasteiger partial charge in [-0.05, 0) is 43.9 Å². The second-order valence-corrected chi connectivity index (χ2v) is 4.70. The number of nitrogens with two attached hydrogens (primary N) is 1. The van der Waals surface area contributed by atoms with Gasteiger partial charge >= 0.3 is 5.97 Å². The molecule has 0 saturated heterocycles. The molecule has 0 heterocycles. The highest BCUT2D eigenvalue weighted by molar-refractivity contribution is 5.70. The molecule has 0 aromatic carbocycles. The van der Waals surface area contributed by atoms with E-state index in [1.54, 1.807) is 0 Å². The van der Waals surface area contributed by atoms with Crippen LogP contribution in [0, 0.1) is 23.7 Å². The maximum Gasteiger partial charge on any atom is 0.306 e. The van der Waals surface area contributed by atoms with Gasteiger partial charge in [0.2, 0.25) is 0 Å². The lowest BCUT2D eigenvalue weighted by atomic mass is 9.52. The van der Waals surface area contributed by atoms with Crippen LogP contribution in [0.2, 0.25) is 0 Å². The first-order valence-electron chi connectivity index (χ1n) is 5.08. The first-order chi connectivity index (χ1) is 6.09. The largest absolute Gasteiger partial charge is 0.481 e. The van der Waals surface area contributed by atoms with Crippen molar-refractivity contribution in [2.45, 2.75) is 32.2 Å². The minimum Gasteiger partial charge on any atom is -0.481 e. The minimum atomic E-state index is -0.613. The van der Waals surface area contributed by atoms with E-state index in [-0.39, 0.29) is 12.0 Å². The van der Waals surface area contributed by atoms with Crippen LogP contribution in [0.25, 0.3) is 0 Å². The summed E-state index contributed by atoms with van der Waals surface area (Å²) >= 11 is 0. The molecule has 3 N–H and O–H groups in total. The number of aliphatic carboxylic acids is 1. The van der Waals surface area contributed by atoms with Gasteiger partial charge in [0, 0.05) is 6.04 Å². The van der Waals surface area contributed by atoms with Crippen molar-refractivity contribution >= 4 is 5.97 Å². The topological polar surface area (TPSA) is 63.3 Å². The normalized spacial score (nSPS) is 45.1. The van der Waals surface area contributed by atoms with Crippen LogP contribution < -0.4 is 5.73 Å². The molecule has 3 saturated carbocycles. The van der Waals surface area contributed by atoms with Crippen molar-refractivity contribution in [2.75, 3.05) is 0 Å². The fourth-order valence-electron chi connectivity index (χ4n) is 3.29. The van der Waals surface area contributed by atoms with E-state index in [1.807, 2.05) is 6.92 Å². The van der Waals surface area contributed by atoms with Gasteiger partial charge in [0.15, 0.2) is 0 Å². The van der Waals surface area contributed by atoms with E-state index in [2.05, 4.69) is 0 Å². The van der Waals surface area contributed by atoms with E-state index in [4.69, 9.17) is 10.8 Å². The van der Waals surface area contributed by atoms with E-state index < -0.39 is 5.97 Å². The minimum absolute atomic E-state index is 0.0845. The molecule has 13 heavy (non-hydrogen) atoms. The maximum atomic E-state index is 10.8. The zero-order valence-corrected chi connectivity index (χ0v) is 7.94. The molecule has 0 radical (unpaired) electrons. The van der Waals surface area contributed by atoms with Crippen molar-refractivity contribution in [3.63, 3.8) is 0 Å². The molecule has 3 aliphatic rings. The van der Waals surface area contributed by atoms with E-state index in [0.29, 0.717) is 17.8 Å². The van der Waals surface area contributed by atoms with Crippen LogP contribution in [0.5, 0.6) is 0 Å². The molecule has 3 aliphatic carbocycles. The monoisotopic (exact) mass is 183 g/mol. The van der Waals surface area contributed by atoms with Crippen LogP contribution in [0.15, 0.2) is 0 Å². The second-order valence-electron chi connectivity index (χ2n) is 4.70. The molecular weight excluding hydrogens is 166 g/mol. The lowest BCUT2D eigenvalue weighted by Crippen LogP contribution is -2.52. The van der Waals surface area contributed by atoms with E-state index in [1.165, 1.54) is 6.42 Å². The van der Waals surface area contributed by atoms with Crippen molar-refractivity contribution in [3.8, 4) is 0 Å². The molecule has 3 nitrogen and oxygen atoms in total. The quantitative estimate of drug-likeness (QED) is 0.673. The van der Waals surface area contributed by atoms with Crippen LogP contribution in [0.1, 0.15) is 26.2 Å².